The van der Waals surface area contributed by atoms with Gasteiger partial charge in [0.1, 0.15) is 5.69 Å². The van der Waals surface area contributed by atoms with Crippen LogP contribution in [0, 0.1) is 0 Å². The van der Waals surface area contributed by atoms with Gasteiger partial charge in [-0.15, -0.1) is 0 Å². The van der Waals surface area contributed by atoms with E-state index in [1.54, 1.807) is 24.3 Å². The van der Waals surface area contributed by atoms with Crippen LogP contribution >= 0.6 is 0 Å². The molecule has 2 rings (SSSR count). The molecular formula is C14H14N4O3. The molecular weight excluding hydrogens is 272 g/mol. The third-order valence-electron chi connectivity index (χ3n) is 2.55. The van der Waals surface area contributed by atoms with Crippen molar-refractivity contribution in [3.05, 3.63) is 42.1 Å². The highest BCUT2D eigenvalue weighted by Crippen LogP contribution is 2.31. The predicted octanol–water partition coefficient (Wildman–Crippen LogP) is 1.51. The summed E-state index contributed by atoms with van der Waals surface area (Å²) in [6.07, 6.45) is 0. The zero-order chi connectivity index (χ0) is 15.4. The maximum atomic E-state index is 11.2. The highest BCUT2D eigenvalue weighted by Gasteiger charge is 2.12. The molecule has 1 aromatic heterocycles. The SMILES string of the molecule is CC(=O)Nc1ccccc1Oc1nc(C(N)=O)ccc1N. The highest BCUT2D eigenvalue weighted by atomic mass is 16.5. The lowest BCUT2D eigenvalue weighted by Gasteiger charge is -2.12. The quantitative estimate of drug-likeness (QED) is 0.786. The summed E-state index contributed by atoms with van der Waals surface area (Å²) >= 11 is 0. The summed E-state index contributed by atoms with van der Waals surface area (Å²) in [6, 6.07) is 9.67. The number of carbonyl (C=O) groups excluding carboxylic acids is 2. The minimum Gasteiger partial charge on any atom is -0.435 e. The van der Waals surface area contributed by atoms with E-state index >= 15 is 0 Å². The Morgan fingerprint density at radius 1 is 1.19 bits per heavy atom. The molecule has 7 nitrogen and oxygen atoms in total. The largest absolute Gasteiger partial charge is 0.435 e. The average molecular weight is 286 g/mol. The molecule has 0 aliphatic rings. The molecule has 0 saturated carbocycles. The van der Waals surface area contributed by atoms with Crippen molar-refractivity contribution in [1.82, 2.24) is 4.98 Å². The van der Waals surface area contributed by atoms with E-state index in [1.165, 1.54) is 19.1 Å². The smallest absolute Gasteiger partial charge is 0.267 e. The van der Waals surface area contributed by atoms with Gasteiger partial charge in [-0.1, -0.05) is 12.1 Å². The van der Waals surface area contributed by atoms with Gasteiger partial charge in [0.25, 0.3) is 5.91 Å². The fourth-order valence-corrected chi connectivity index (χ4v) is 1.62. The van der Waals surface area contributed by atoms with E-state index in [-0.39, 0.29) is 23.2 Å². The Bertz CT molecular complexity index is 700. The van der Waals surface area contributed by atoms with Gasteiger partial charge in [0.15, 0.2) is 5.75 Å². The number of para-hydroxylation sites is 2. The number of ether oxygens (including phenoxy) is 1. The predicted molar refractivity (Wildman–Crippen MR) is 78.0 cm³/mol. The molecule has 0 bridgehead atoms. The van der Waals surface area contributed by atoms with E-state index in [4.69, 9.17) is 16.2 Å². The zero-order valence-corrected chi connectivity index (χ0v) is 11.3. The van der Waals surface area contributed by atoms with Crippen LogP contribution in [0.1, 0.15) is 17.4 Å². The molecule has 2 aromatic rings. The van der Waals surface area contributed by atoms with Crippen molar-refractivity contribution in [1.29, 1.82) is 0 Å². The number of nitrogen functional groups attached to an aromatic ring is 1. The van der Waals surface area contributed by atoms with Gasteiger partial charge >= 0.3 is 0 Å². The summed E-state index contributed by atoms with van der Waals surface area (Å²) in [6.45, 7) is 1.39. The summed E-state index contributed by atoms with van der Waals surface area (Å²) in [5.74, 6) is -0.523. The van der Waals surface area contributed by atoms with Crippen LogP contribution in [0.3, 0.4) is 0 Å². The van der Waals surface area contributed by atoms with E-state index in [0.29, 0.717) is 11.4 Å². The van der Waals surface area contributed by atoms with Crippen molar-refractivity contribution < 1.29 is 14.3 Å². The number of hydrogen-bond donors (Lipinski definition) is 3. The van der Waals surface area contributed by atoms with Crippen molar-refractivity contribution in [2.75, 3.05) is 11.1 Å². The normalized spacial score (nSPS) is 9.95. The monoisotopic (exact) mass is 286 g/mol. The van der Waals surface area contributed by atoms with Gasteiger partial charge < -0.3 is 21.5 Å². The molecule has 1 aromatic carbocycles. The lowest BCUT2D eigenvalue weighted by molar-refractivity contribution is -0.114. The van der Waals surface area contributed by atoms with Crippen molar-refractivity contribution in [2.45, 2.75) is 6.92 Å². The second-order valence-electron chi connectivity index (χ2n) is 4.23. The summed E-state index contributed by atoms with van der Waals surface area (Å²) in [4.78, 5) is 26.2. The van der Waals surface area contributed by atoms with Crippen molar-refractivity contribution in [3.63, 3.8) is 0 Å². The summed E-state index contributed by atoms with van der Waals surface area (Å²) in [7, 11) is 0. The number of anilines is 2. The van der Waals surface area contributed by atoms with Crippen LogP contribution < -0.4 is 21.5 Å². The fourth-order valence-electron chi connectivity index (χ4n) is 1.62. The molecule has 2 amide bonds. The van der Waals surface area contributed by atoms with Crippen LogP contribution in [0.5, 0.6) is 11.6 Å². The van der Waals surface area contributed by atoms with Gasteiger partial charge in [0, 0.05) is 6.92 Å². The van der Waals surface area contributed by atoms with Crippen LogP contribution in [0.4, 0.5) is 11.4 Å². The number of amides is 2. The third-order valence-corrected chi connectivity index (χ3v) is 2.55. The fraction of sp³-hybridized carbons (Fsp3) is 0.0714. The lowest BCUT2D eigenvalue weighted by atomic mass is 10.3. The molecule has 21 heavy (non-hydrogen) atoms. The van der Waals surface area contributed by atoms with Crippen molar-refractivity contribution >= 4 is 23.2 Å². The molecule has 7 heteroatoms. The van der Waals surface area contributed by atoms with Gasteiger partial charge in [-0.2, -0.15) is 0 Å². The molecule has 0 aliphatic carbocycles. The van der Waals surface area contributed by atoms with Gasteiger partial charge in [-0.05, 0) is 24.3 Å². The number of nitrogens with one attached hydrogen (secondary N) is 1. The molecule has 0 atom stereocenters. The summed E-state index contributed by atoms with van der Waals surface area (Å²) in [5.41, 5.74) is 11.7. The van der Waals surface area contributed by atoms with Crippen LogP contribution in [0.15, 0.2) is 36.4 Å². The molecule has 0 saturated heterocycles. The maximum absolute atomic E-state index is 11.2. The van der Waals surface area contributed by atoms with Gasteiger partial charge in [0.2, 0.25) is 11.8 Å². The Morgan fingerprint density at radius 3 is 2.57 bits per heavy atom. The number of nitrogens with two attached hydrogens (primary N) is 2. The molecule has 0 spiro atoms. The summed E-state index contributed by atoms with van der Waals surface area (Å²) in [5, 5.41) is 2.63. The molecule has 1 heterocycles. The first-order valence-corrected chi connectivity index (χ1v) is 6.08. The van der Waals surface area contributed by atoms with E-state index < -0.39 is 5.91 Å². The van der Waals surface area contributed by atoms with Crippen molar-refractivity contribution in [2.24, 2.45) is 5.73 Å². The van der Waals surface area contributed by atoms with Crippen LogP contribution in [-0.4, -0.2) is 16.8 Å². The molecule has 0 radical (unpaired) electrons. The Balaban J connectivity index is 2.36. The Morgan fingerprint density at radius 2 is 1.90 bits per heavy atom. The Kier molecular flexibility index (Phi) is 4.03. The second-order valence-corrected chi connectivity index (χ2v) is 4.23. The lowest BCUT2D eigenvalue weighted by Crippen LogP contribution is -2.14. The molecule has 0 aliphatic heterocycles. The number of carbonyl (C=O) groups is 2. The highest BCUT2D eigenvalue weighted by molar-refractivity contribution is 5.91. The van der Waals surface area contributed by atoms with E-state index in [2.05, 4.69) is 10.3 Å². The molecule has 108 valence electrons. The number of primary amides is 1. The third kappa shape index (κ3) is 3.47. The average Bonchev–Trinajstić information content (AvgIpc) is 2.42. The van der Waals surface area contributed by atoms with E-state index in [1.807, 2.05) is 0 Å². The number of hydrogen-bond acceptors (Lipinski definition) is 5. The first-order chi connectivity index (χ1) is 9.97. The number of benzene rings is 1. The van der Waals surface area contributed by atoms with Crippen molar-refractivity contribution in [3.8, 4) is 11.6 Å². The van der Waals surface area contributed by atoms with Crippen LogP contribution in [-0.2, 0) is 4.79 Å². The van der Waals surface area contributed by atoms with E-state index in [9.17, 15) is 9.59 Å². The van der Waals surface area contributed by atoms with E-state index in [0.717, 1.165) is 0 Å². The second kappa shape index (κ2) is 5.91. The number of aromatic nitrogens is 1. The topological polar surface area (TPSA) is 120 Å². The minimum atomic E-state index is -0.685. The maximum Gasteiger partial charge on any atom is 0.267 e. The molecule has 5 N–H and O–H groups in total. The first kappa shape index (κ1) is 14.3. The number of nitrogens with zero attached hydrogens (tertiary/aromatic N) is 1. The molecule has 0 unspecified atom stereocenters. The zero-order valence-electron chi connectivity index (χ0n) is 11.3. The number of pyridine rings is 1. The first-order valence-electron chi connectivity index (χ1n) is 6.08. The minimum absolute atomic E-state index is 0.0382. The summed E-state index contributed by atoms with van der Waals surface area (Å²) < 4.78 is 5.57. The standard InChI is InChI=1S/C14H14N4O3/c1-8(19)17-10-4-2-3-5-12(10)21-14-9(15)6-7-11(18-14)13(16)20/h2-7H,15H2,1H3,(H2,16,20)(H,17,19). The van der Waals surface area contributed by atoms with Crippen LogP contribution in [0.25, 0.3) is 0 Å². The van der Waals surface area contributed by atoms with Gasteiger partial charge in [-0.25, -0.2) is 4.98 Å². The Hall–Kier alpha value is -3.09. The van der Waals surface area contributed by atoms with Crippen LogP contribution in [0.2, 0.25) is 0 Å². The van der Waals surface area contributed by atoms with Gasteiger partial charge in [0.05, 0.1) is 11.4 Å². The Labute approximate surface area is 120 Å². The number of rotatable bonds is 4. The van der Waals surface area contributed by atoms with Gasteiger partial charge in [-0.3, -0.25) is 9.59 Å². The molecule has 0 fully saturated rings.